The molecule has 7 heteroatoms. The lowest BCUT2D eigenvalue weighted by Crippen LogP contribution is -2.34. The Kier molecular flexibility index (Phi) is 2.73. The van der Waals surface area contributed by atoms with Crippen LogP contribution in [0, 0.1) is 0 Å². The maximum atomic E-state index is 12.2. The van der Waals surface area contributed by atoms with Crippen molar-refractivity contribution in [3.8, 4) is 5.75 Å². The van der Waals surface area contributed by atoms with Gasteiger partial charge in [0.2, 0.25) is 0 Å². The summed E-state index contributed by atoms with van der Waals surface area (Å²) in [6, 6.07) is 5.43. The zero-order valence-electron chi connectivity index (χ0n) is 9.07. The summed E-state index contributed by atoms with van der Waals surface area (Å²) in [5.74, 6) is -2.29. The molecule has 0 radical (unpaired) electrons. The van der Waals surface area contributed by atoms with Crippen LogP contribution in [0.3, 0.4) is 0 Å². The molecule has 0 spiro atoms. The lowest BCUT2D eigenvalue weighted by atomic mass is 10.1. The fraction of sp³-hybridized carbons (Fsp3) is 0.364. The second-order valence-corrected chi connectivity index (χ2v) is 4.19. The summed E-state index contributed by atoms with van der Waals surface area (Å²) < 4.78 is 40.4. The van der Waals surface area contributed by atoms with Gasteiger partial charge in [-0.25, -0.2) is 0 Å². The number of ether oxygens (including phenoxy) is 1. The lowest BCUT2D eigenvalue weighted by Gasteiger charge is -2.14. The third-order valence-corrected chi connectivity index (χ3v) is 2.92. The van der Waals surface area contributed by atoms with Crippen molar-refractivity contribution in [1.82, 2.24) is 0 Å². The van der Waals surface area contributed by atoms with Crippen LogP contribution >= 0.6 is 0 Å². The summed E-state index contributed by atoms with van der Waals surface area (Å²) in [7, 11) is 0. The predicted molar refractivity (Wildman–Crippen MR) is 55.0 cm³/mol. The number of carboxylic acids is 1. The van der Waals surface area contributed by atoms with Crippen LogP contribution in [0.15, 0.2) is 24.3 Å². The Morgan fingerprint density at radius 3 is 2.56 bits per heavy atom. The van der Waals surface area contributed by atoms with Crippen molar-refractivity contribution in [2.75, 3.05) is 0 Å². The SMILES string of the molecule is N[C@]1(C(=O)O)C[C@H]1c1ccccc1OC(F)(F)F. The first-order valence-corrected chi connectivity index (χ1v) is 5.11. The van der Waals surface area contributed by atoms with Gasteiger partial charge in [-0.05, 0) is 12.5 Å². The van der Waals surface area contributed by atoms with Crippen molar-refractivity contribution >= 4 is 5.97 Å². The topological polar surface area (TPSA) is 72.6 Å². The van der Waals surface area contributed by atoms with Gasteiger partial charge >= 0.3 is 12.3 Å². The van der Waals surface area contributed by atoms with Gasteiger partial charge in [0.1, 0.15) is 11.3 Å². The molecular formula is C11H10F3NO3. The molecule has 1 fully saturated rings. The Morgan fingerprint density at radius 1 is 1.44 bits per heavy atom. The summed E-state index contributed by atoms with van der Waals surface area (Å²) in [4.78, 5) is 10.9. The summed E-state index contributed by atoms with van der Waals surface area (Å²) in [5.41, 5.74) is 4.23. The first kappa shape index (κ1) is 12.7. The summed E-state index contributed by atoms with van der Waals surface area (Å²) >= 11 is 0. The minimum atomic E-state index is -4.81. The average Bonchev–Trinajstić information content (AvgIpc) is 2.91. The van der Waals surface area contributed by atoms with Gasteiger partial charge in [0.15, 0.2) is 0 Å². The van der Waals surface area contributed by atoms with E-state index in [0.29, 0.717) is 0 Å². The van der Waals surface area contributed by atoms with Gasteiger partial charge in [-0.15, -0.1) is 13.2 Å². The number of hydrogen-bond donors (Lipinski definition) is 2. The van der Waals surface area contributed by atoms with E-state index in [0.717, 1.165) is 6.07 Å². The maximum Gasteiger partial charge on any atom is 0.573 e. The third-order valence-electron chi connectivity index (χ3n) is 2.92. The number of nitrogens with two attached hydrogens (primary N) is 1. The molecule has 0 heterocycles. The summed E-state index contributed by atoms with van der Waals surface area (Å²) in [5, 5.41) is 8.88. The highest BCUT2D eigenvalue weighted by molar-refractivity contribution is 5.85. The first-order chi connectivity index (χ1) is 8.24. The normalized spacial score (nSPS) is 26.8. The zero-order chi connectivity index (χ0) is 13.6. The third kappa shape index (κ3) is 2.26. The first-order valence-electron chi connectivity index (χ1n) is 5.11. The molecule has 98 valence electrons. The highest BCUT2D eigenvalue weighted by Gasteiger charge is 2.59. The minimum Gasteiger partial charge on any atom is -0.480 e. The second kappa shape index (κ2) is 3.88. The van der Waals surface area contributed by atoms with Crippen LogP contribution in [0.1, 0.15) is 17.9 Å². The van der Waals surface area contributed by atoms with Gasteiger partial charge in [-0.2, -0.15) is 0 Å². The highest BCUT2D eigenvalue weighted by Crippen LogP contribution is 2.52. The van der Waals surface area contributed by atoms with E-state index in [9.17, 15) is 18.0 Å². The average molecular weight is 261 g/mol. The minimum absolute atomic E-state index is 0.0978. The molecule has 2 atom stereocenters. The molecule has 1 aromatic carbocycles. The van der Waals surface area contributed by atoms with Gasteiger partial charge in [0.05, 0.1) is 0 Å². The van der Waals surface area contributed by atoms with E-state index in [1.165, 1.54) is 18.2 Å². The molecule has 0 aliphatic heterocycles. The van der Waals surface area contributed by atoms with E-state index < -0.39 is 29.5 Å². The highest BCUT2D eigenvalue weighted by atomic mass is 19.4. The fourth-order valence-electron chi connectivity index (χ4n) is 1.89. The zero-order valence-corrected chi connectivity index (χ0v) is 9.07. The van der Waals surface area contributed by atoms with E-state index in [2.05, 4.69) is 4.74 Å². The largest absolute Gasteiger partial charge is 0.573 e. The smallest absolute Gasteiger partial charge is 0.480 e. The van der Waals surface area contributed by atoms with Gasteiger partial charge in [0, 0.05) is 11.5 Å². The van der Waals surface area contributed by atoms with Crippen molar-refractivity contribution in [2.24, 2.45) is 5.73 Å². The molecule has 1 aliphatic carbocycles. The molecule has 1 aliphatic rings. The molecule has 0 amide bonds. The monoisotopic (exact) mass is 261 g/mol. The summed E-state index contributed by atoms with van der Waals surface area (Å²) in [6.45, 7) is 0. The Morgan fingerprint density at radius 2 is 2.06 bits per heavy atom. The van der Waals surface area contributed by atoms with Crippen LogP contribution in [0.2, 0.25) is 0 Å². The number of alkyl halides is 3. The number of aliphatic carboxylic acids is 1. The van der Waals surface area contributed by atoms with Crippen LogP contribution in [0.25, 0.3) is 0 Å². The van der Waals surface area contributed by atoms with Crippen molar-refractivity contribution in [1.29, 1.82) is 0 Å². The van der Waals surface area contributed by atoms with E-state index in [1.807, 2.05) is 0 Å². The molecule has 0 unspecified atom stereocenters. The Bertz CT molecular complexity index is 489. The van der Waals surface area contributed by atoms with E-state index >= 15 is 0 Å². The van der Waals surface area contributed by atoms with Crippen molar-refractivity contribution in [3.63, 3.8) is 0 Å². The van der Waals surface area contributed by atoms with Gasteiger partial charge in [0.25, 0.3) is 0 Å². The molecule has 0 bridgehead atoms. The fourth-order valence-corrected chi connectivity index (χ4v) is 1.89. The quantitative estimate of drug-likeness (QED) is 0.871. The number of benzene rings is 1. The molecule has 0 saturated heterocycles. The molecular weight excluding hydrogens is 251 g/mol. The number of rotatable bonds is 3. The summed E-state index contributed by atoms with van der Waals surface area (Å²) in [6.07, 6.45) is -4.72. The number of para-hydroxylation sites is 1. The Balaban J connectivity index is 2.28. The van der Waals surface area contributed by atoms with Crippen LogP contribution in [0.5, 0.6) is 5.75 Å². The molecule has 0 aromatic heterocycles. The number of halogens is 3. The molecule has 18 heavy (non-hydrogen) atoms. The standard InChI is InChI=1S/C11H10F3NO3/c12-11(13,14)18-8-4-2-1-3-6(8)7-5-10(7,15)9(16)17/h1-4,7H,5,15H2,(H,16,17)/t7-,10+/m0/s1. The van der Waals surface area contributed by atoms with Crippen molar-refractivity contribution < 1.29 is 27.8 Å². The van der Waals surface area contributed by atoms with Crippen molar-refractivity contribution in [3.05, 3.63) is 29.8 Å². The van der Waals surface area contributed by atoms with Gasteiger partial charge < -0.3 is 15.6 Å². The molecule has 4 nitrogen and oxygen atoms in total. The Labute approximate surface area is 100 Å². The van der Waals surface area contributed by atoms with E-state index in [4.69, 9.17) is 10.8 Å². The Hall–Kier alpha value is -1.76. The number of carboxylic acid groups (broad SMARTS) is 1. The predicted octanol–water partition coefficient (Wildman–Crippen LogP) is 1.85. The number of carbonyl (C=O) groups is 1. The molecule has 3 N–H and O–H groups in total. The van der Waals surface area contributed by atoms with Crippen LogP contribution in [0.4, 0.5) is 13.2 Å². The lowest BCUT2D eigenvalue weighted by molar-refractivity contribution is -0.274. The van der Waals surface area contributed by atoms with Crippen LogP contribution < -0.4 is 10.5 Å². The van der Waals surface area contributed by atoms with Crippen molar-refractivity contribution in [2.45, 2.75) is 24.2 Å². The number of hydrogen-bond acceptors (Lipinski definition) is 3. The maximum absolute atomic E-state index is 12.2. The molecule has 2 rings (SSSR count). The molecule has 1 saturated carbocycles. The van der Waals surface area contributed by atoms with E-state index in [-0.39, 0.29) is 12.0 Å². The molecule has 1 aromatic rings. The van der Waals surface area contributed by atoms with E-state index in [1.54, 1.807) is 0 Å². The van der Waals surface area contributed by atoms with Gasteiger partial charge in [-0.3, -0.25) is 4.79 Å². The van der Waals surface area contributed by atoms with Gasteiger partial charge in [-0.1, -0.05) is 18.2 Å². The van der Waals surface area contributed by atoms with Crippen LogP contribution in [-0.4, -0.2) is 23.0 Å². The van der Waals surface area contributed by atoms with Crippen LogP contribution in [-0.2, 0) is 4.79 Å². The second-order valence-electron chi connectivity index (χ2n) is 4.19.